The highest BCUT2D eigenvalue weighted by molar-refractivity contribution is 5.59. The smallest absolute Gasteiger partial charge is 0.148 e. The molecule has 1 aromatic heterocycles. The lowest BCUT2D eigenvalue weighted by molar-refractivity contribution is -0.00461. The molecule has 1 saturated heterocycles. The molecule has 0 amide bonds. The molecule has 2 rings (SSSR count). The zero-order valence-corrected chi connectivity index (χ0v) is 13.2. The fraction of sp³-hybridized carbons (Fsp3) is 0.714. The van der Waals surface area contributed by atoms with E-state index in [1.165, 1.54) is 0 Å². The Balaban J connectivity index is 2.32. The molecule has 1 fully saturated rings. The summed E-state index contributed by atoms with van der Waals surface area (Å²) >= 11 is 0. The van der Waals surface area contributed by atoms with E-state index in [0.29, 0.717) is 5.82 Å². The van der Waals surface area contributed by atoms with Crippen molar-refractivity contribution >= 4 is 11.6 Å². The van der Waals surface area contributed by atoms with Gasteiger partial charge in [-0.1, -0.05) is 6.92 Å². The van der Waals surface area contributed by atoms with Crippen molar-refractivity contribution in [2.24, 2.45) is 5.84 Å². The van der Waals surface area contributed by atoms with E-state index < -0.39 is 0 Å². The molecular formula is C14H25N5O2. The quantitative estimate of drug-likeness (QED) is 0.595. The number of ether oxygens (including phenoxy) is 2. The molecule has 0 saturated carbocycles. The Hall–Kier alpha value is -1.44. The van der Waals surface area contributed by atoms with Crippen molar-refractivity contribution in [2.75, 3.05) is 37.6 Å². The second-order valence-corrected chi connectivity index (χ2v) is 5.28. The largest absolute Gasteiger partial charge is 0.377 e. The van der Waals surface area contributed by atoms with E-state index in [9.17, 15) is 0 Å². The molecule has 1 aliphatic heterocycles. The van der Waals surface area contributed by atoms with E-state index in [4.69, 9.17) is 20.3 Å². The van der Waals surface area contributed by atoms with Crippen LogP contribution in [0.5, 0.6) is 0 Å². The molecule has 2 unspecified atom stereocenters. The molecule has 7 nitrogen and oxygen atoms in total. The molecule has 2 atom stereocenters. The Morgan fingerprint density at radius 2 is 1.86 bits per heavy atom. The number of aryl methyl sites for hydroxylation is 1. The maximum absolute atomic E-state index is 5.58. The lowest BCUT2D eigenvalue weighted by Gasteiger charge is -2.21. The predicted molar refractivity (Wildman–Crippen MR) is 82.4 cm³/mol. The van der Waals surface area contributed by atoms with Gasteiger partial charge in [0.25, 0.3) is 0 Å². The summed E-state index contributed by atoms with van der Waals surface area (Å²) < 4.78 is 11.0. The fourth-order valence-corrected chi connectivity index (χ4v) is 2.70. The van der Waals surface area contributed by atoms with Crippen LogP contribution in [0.1, 0.15) is 24.7 Å². The van der Waals surface area contributed by atoms with Crippen molar-refractivity contribution < 1.29 is 9.47 Å². The van der Waals surface area contributed by atoms with Crippen LogP contribution in [0.3, 0.4) is 0 Å². The second-order valence-electron chi connectivity index (χ2n) is 5.28. The molecule has 3 N–H and O–H groups in total. The maximum atomic E-state index is 5.58. The van der Waals surface area contributed by atoms with Gasteiger partial charge in [-0.2, -0.15) is 0 Å². The monoisotopic (exact) mass is 295 g/mol. The summed E-state index contributed by atoms with van der Waals surface area (Å²) in [5, 5.41) is 0. The van der Waals surface area contributed by atoms with Gasteiger partial charge in [-0.15, -0.1) is 0 Å². The van der Waals surface area contributed by atoms with Crippen molar-refractivity contribution in [3.8, 4) is 0 Å². The predicted octanol–water partition coefficient (Wildman–Crippen LogP) is 0.873. The van der Waals surface area contributed by atoms with Gasteiger partial charge in [-0.05, 0) is 13.3 Å². The van der Waals surface area contributed by atoms with Crippen LogP contribution in [-0.4, -0.2) is 49.5 Å². The van der Waals surface area contributed by atoms with Crippen molar-refractivity contribution in [3.05, 3.63) is 11.4 Å². The average Bonchev–Trinajstić information content (AvgIpc) is 2.92. The maximum Gasteiger partial charge on any atom is 0.148 e. The molecule has 21 heavy (non-hydrogen) atoms. The molecule has 0 bridgehead atoms. The molecule has 1 aromatic rings. The van der Waals surface area contributed by atoms with Crippen LogP contribution in [0.25, 0.3) is 0 Å². The Morgan fingerprint density at radius 1 is 1.24 bits per heavy atom. The molecule has 0 aliphatic carbocycles. The molecule has 7 heteroatoms. The number of nitrogens with zero attached hydrogens (tertiary/aromatic N) is 3. The molecule has 118 valence electrons. The Labute approximate surface area is 125 Å². The van der Waals surface area contributed by atoms with Gasteiger partial charge in [-0.25, -0.2) is 15.8 Å². The number of hydrogen-bond donors (Lipinski definition) is 2. The van der Waals surface area contributed by atoms with Gasteiger partial charge >= 0.3 is 0 Å². The van der Waals surface area contributed by atoms with Gasteiger partial charge in [0.15, 0.2) is 0 Å². The van der Waals surface area contributed by atoms with E-state index in [1.54, 1.807) is 14.2 Å². The van der Waals surface area contributed by atoms with Crippen LogP contribution >= 0.6 is 0 Å². The minimum absolute atomic E-state index is 0.0493. The van der Waals surface area contributed by atoms with Crippen LogP contribution in [0.2, 0.25) is 0 Å². The van der Waals surface area contributed by atoms with Gasteiger partial charge in [0.1, 0.15) is 29.7 Å². The van der Waals surface area contributed by atoms with Gasteiger partial charge in [0.05, 0.1) is 0 Å². The van der Waals surface area contributed by atoms with Crippen LogP contribution < -0.4 is 16.2 Å². The number of hydrogen-bond acceptors (Lipinski definition) is 7. The first kappa shape index (κ1) is 15.9. The van der Waals surface area contributed by atoms with Gasteiger partial charge in [-0.3, -0.25) is 0 Å². The highest BCUT2D eigenvalue weighted by Crippen LogP contribution is 2.28. The van der Waals surface area contributed by atoms with E-state index in [-0.39, 0.29) is 12.2 Å². The summed E-state index contributed by atoms with van der Waals surface area (Å²) in [5.74, 6) is 7.97. The van der Waals surface area contributed by atoms with Gasteiger partial charge in [0, 0.05) is 39.3 Å². The molecular weight excluding hydrogens is 270 g/mol. The van der Waals surface area contributed by atoms with Crippen molar-refractivity contribution in [3.63, 3.8) is 0 Å². The van der Waals surface area contributed by atoms with Crippen molar-refractivity contribution in [2.45, 2.75) is 38.9 Å². The third kappa shape index (κ3) is 3.25. The number of rotatable bonds is 6. The number of nitrogen functional groups attached to an aromatic ring is 1. The zero-order valence-electron chi connectivity index (χ0n) is 13.2. The summed E-state index contributed by atoms with van der Waals surface area (Å²) in [6.45, 7) is 5.59. The van der Waals surface area contributed by atoms with E-state index in [2.05, 4.69) is 22.2 Å². The van der Waals surface area contributed by atoms with Crippen LogP contribution in [0.15, 0.2) is 0 Å². The average molecular weight is 295 g/mol. The fourth-order valence-electron chi connectivity index (χ4n) is 2.70. The highest BCUT2D eigenvalue weighted by Gasteiger charge is 2.34. The van der Waals surface area contributed by atoms with Crippen LogP contribution in [0.4, 0.5) is 11.6 Å². The van der Waals surface area contributed by atoms with Crippen molar-refractivity contribution in [1.82, 2.24) is 9.97 Å². The Bertz CT molecular complexity index is 471. The van der Waals surface area contributed by atoms with Crippen LogP contribution in [0, 0.1) is 6.92 Å². The minimum atomic E-state index is 0.0493. The summed E-state index contributed by atoms with van der Waals surface area (Å²) in [6.07, 6.45) is 1.92. The molecule has 2 heterocycles. The Morgan fingerprint density at radius 3 is 2.33 bits per heavy atom. The first-order chi connectivity index (χ1) is 10.1. The zero-order chi connectivity index (χ0) is 15.4. The summed E-state index contributed by atoms with van der Waals surface area (Å²) in [7, 11) is 3.42. The normalized spacial score (nSPS) is 21.9. The first-order valence-electron chi connectivity index (χ1n) is 7.29. The van der Waals surface area contributed by atoms with Gasteiger partial charge < -0.3 is 19.8 Å². The van der Waals surface area contributed by atoms with Gasteiger partial charge in [0.2, 0.25) is 0 Å². The standard InChI is InChI=1S/C14H25N5O2/c1-5-6-12-16-13(18-15)9(2)14(17-12)19-7-10(20-3)11(8-19)21-4/h10-11H,5-8,15H2,1-4H3,(H,16,17,18). The Kier molecular flexibility index (Phi) is 5.33. The third-order valence-electron chi connectivity index (χ3n) is 3.90. The SMILES string of the molecule is CCCc1nc(NN)c(C)c(N2CC(OC)C(OC)C2)n1. The van der Waals surface area contributed by atoms with E-state index >= 15 is 0 Å². The van der Waals surface area contributed by atoms with E-state index in [1.807, 2.05) is 6.92 Å². The lowest BCUT2D eigenvalue weighted by atomic mass is 10.2. The summed E-state index contributed by atoms with van der Waals surface area (Å²) in [6, 6.07) is 0. The molecule has 0 radical (unpaired) electrons. The van der Waals surface area contributed by atoms with Crippen LogP contribution in [-0.2, 0) is 15.9 Å². The van der Waals surface area contributed by atoms with E-state index in [0.717, 1.165) is 43.1 Å². The topological polar surface area (TPSA) is 85.5 Å². The molecule has 0 aromatic carbocycles. The summed E-state index contributed by atoms with van der Waals surface area (Å²) in [5.41, 5.74) is 3.62. The first-order valence-corrected chi connectivity index (χ1v) is 7.29. The number of anilines is 2. The second kappa shape index (κ2) is 7.02. The minimum Gasteiger partial charge on any atom is -0.377 e. The van der Waals surface area contributed by atoms with Crippen molar-refractivity contribution in [1.29, 1.82) is 0 Å². The number of aromatic nitrogens is 2. The molecule has 0 spiro atoms. The third-order valence-corrected chi connectivity index (χ3v) is 3.90. The number of methoxy groups -OCH3 is 2. The number of hydrazine groups is 1. The summed E-state index contributed by atoms with van der Waals surface area (Å²) in [4.78, 5) is 11.3. The highest BCUT2D eigenvalue weighted by atomic mass is 16.5. The lowest BCUT2D eigenvalue weighted by Crippen LogP contribution is -2.27. The molecule has 1 aliphatic rings. The number of nitrogens with one attached hydrogen (secondary N) is 1. The number of nitrogens with two attached hydrogens (primary N) is 1.